The maximum Gasteiger partial charge on any atom is 0.433 e. The predicted molar refractivity (Wildman–Crippen MR) is 139 cm³/mol. The molecule has 3 aromatic carbocycles. The van der Waals surface area contributed by atoms with Crippen LogP contribution < -0.4 is 10.1 Å². The van der Waals surface area contributed by atoms with Crippen LogP contribution in [0.25, 0.3) is 16.9 Å². The lowest BCUT2D eigenvalue weighted by Gasteiger charge is -2.11. The van der Waals surface area contributed by atoms with Crippen molar-refractivity contribution >= 4 is 38.9 Å². The van der Waals surface area contributed by atoms with Crippen LogP contribution in [0.5, 0.6) is 11.5 Å². The lowest BCUT2D eigenvalue weighted by atomic mass is 10.1. The van der Waals surface area contributed by atoms with Gasteiger partial charge in [0.1, 0.15) is 11.5 Å². The molecule has 0 aliphatic heterocycles. The molecule has 0 spiro atoms. The molecule has 0 aliphatic rings. The Morgan fingerprint density at radius 1 is 0.974 bits per heavy atom. The molecule has 2 aromatic heterocycles. The number of hydrogen-bond acceptors (Lipinski definition) is 6. The summed E-state index contributed by atoms with van der Waals surface area (Å²) in [6.45, 7) is 0. The van der Waals surface area contributed by atoms with E-state index in [0.29, 0.717) is 15.8 Å². The predicted octanol–water partition coefficient (Wildman–Crippen LogP) is 7.13. The second-order valence-corrected chi connectivity index (χ2v) is 8.92. The fourth-order valence-electron chi connectivity index (χ4n) is 3.73. The number of halogens is 4. The minimum absolute atomic E-state index is 0.0296. The van der Waals surface area contributed by atoms with Gasteiger partial charge in [-0.15, -0.1) is 0 Å². The van der Waals surface area contributed by atoms with E-state index < -0.39 is 28.4 Å². The molecular weight excluding hydrogens is 583 g/mol. The number of ether oxygens (including phenoxy) is 1. The van der Waals surface area contributed by atoms with E-state index in [4.69, 9.17) is 4.74 Å². The van der Waals surface area contributed by atoms with Gasteiger partial charge in [-0.2, -0.15) is 18.3 Å². The van der Waals surface area contributed by atoms with Crippen molar-refractivity contribution in [2.75, 3.05) is 5.32 Å². The van der Waals surface area contributed by atoms with E-state index in [2.05, 4.69) is 31.3 Å². The molecule has 2 heterocycles. The molecule has 39 heavy (non-hydrogen) atoms. The third kappa shape index (κ3) is 5.43. The van der Waals surface area contributed by atoms with Gasteiger partial charge in [-0.3, -0.25) is 14.9 Å². The summed E-state index contributed by atoms with van der Waals surface area (Å²) in [7, 11) is 0. The number of carbonyl (C=O) groups excluding carboxylic acids is 1. The van der Waals surface area contributed by atoms with Crippen LogP contribution in [0.15, 0.2) is 89.4 Å². The summed E-state index contributed by atoms with van der Waals surface area (Å²) >= 11 is 3.16. The smallest absolute Gasteiger partial charge is 0.433 e. The Morgan fingerprint density at radius 3 is 2.28 bits per heavy atom. The fraction of sp³-hybridized carbons (Fsp3) is 0.0385. The monoisotopic (exact) mass is 597 g/mol. The van der Waals surface area contributed by atoms with E-state index in [9.17, 15) is 28.1 Å². The Kier molecular flexibility index (Phi) is 6.74. The number of nitro groups is 1. The number of hydrogen-bond donors (Lipinski definition) is 1. The number of amides is 1. The third-order valence-corrected chi connectivity index (χ3v) is 6.18. The van der Waals surface area contributed by atoms with Gasteiger partial charge < -0.3 is 10.1 Å². The summed E-state index contributed by atoms with van der Waals surface area (Å²) in [5, 5.41) is 17.8. The van der Waals surface area contributed by atoms with Crippen molar-refractivity contribution in [3.63, 3.8) is 0 Å². The normalized spacial score (nSPS) is 11.4. The quantitative estimate of drug-likeness (QED) is 0.164. The molecular formula is C26H15BrF3N5O4. The minimum Gasteiger partial charge on any atom is -0.457 e. The molecule has 196 valence electrons. The van der Waals surface area contributed by atoms with Crippen LogP contribution in [0.2, 0.25) is 0 Å². The largest absolute Gasteiger partial charge is 0.457 e. The highest BCUT2D eigenvalue weighted by Crippen LogP contribution is 2.35. The number of benzene rings is 3. The van der Waals surface area contributed by atoms with Gasteiger partial charge in [0.25, 0.3) is 11.6 Å². The van der Waals surface area contributed by atoms with Gasteiger partial charge in [-0.25, -0.2) is 9.50 Å². The summed E-state index contributed by atoms with van der Waals surface area (Å²) in [6, 6.07) is 21.2. The van der Waals surface area contributed by atoms with Crippen molar-refractivity contribution in [2.24, 2.45) is 0 Å². The van der Waals surface area contributed by atoms with Gasteiger partial charge >= 0.3 is 6.18 Å². The first-order chi connectivity index (χ1) is 18.6. The van der Waals surface area contributed by atoms with Crippen molar-refractivity contribution in [3.8, 4) is 22.8 Å². The van der Waals surface area contributed by atoms with Crippen LogP contribution in [0.4, 0.5) is 24.5 Å². The van der Waals surface area contributed by atoms with Crippen LogP contribution in [0, 0.1) is 10.1 Å². The molecule has 1 N–H and O–H groups in total. The molecule has 5 aromatic rings. The lowest BCUT2D eigenvalue weighted by Crippen LogP contribution is -2.16. The van der Waals surface area contributed by atoms with Crippen molar-refractivity contribution in [2.45, 2.75) is 6.18 Å². The maximum atomic E-state index is 14.0. The molecule has 9 nitrogen and oxygen atoms in total. The number of carbonyl (C=O) groups is 1. The van der Waals surface area contributed by atoms with E-state index in [1.807, 2.05) is 0 Å². The Bertz CT molecular complexity index is 1710. The van der Waals surface area contributed by atoms with Gasteiger partial charge in [0.05, 0.1) is 26.8 Å². The molecule has 0 unspecified atom stereocenters. The number of rotatable bonds is 6. The Morgan fingerprint density at radius 2 is 1.64 bits per heavy atom. The average molecular weight is 598 g/mol. The number of nitrogens with zero attached hydrogens (tertiary/aromatic N) is 4. The van der Waals surface area contributed by atoms with Crippen molar-refractivity contribution in [1.29, 1.82) is 0 Å². The topological polar surface area (TPSA) is 112 Å². The highest BCUT2D eigenvalue weighted by Gasteiger charge is 2.36. The first-order valence-electron chi connectivity index (χ1n) is 11.2. The zero-order chi connectivity index (χ0) is 27.7. The zero-order valence-electron chi connectivity index (χ0n) is 19.5. The van der Waals surface area contributed by atoms with Crippen LogP contribution in [-0.4, -0.2) is 25.4 Å². The number of aromatic nitrogens is 3. The Labute approximate surface area is 226 Å². The maximum absolute atomic E-state index is 14.0. The Hall–Kier alpha value is -4.78. The number of anilines is 1. The van der Waals surface area contributed by atoms with Crippen molar-refractivity contribution in [1.82, 2.24) is 14.6 Å². The van der Waals surface area contributed by atoms with Crippen LogP contribution >= 0.6 is 15.9 Å². The molecule has 0 atom stereocenters. The zero-order valence-corrected chi connectivity index (χ0v) is 21.1. The number of alkyl halides is 3. The summed E-state index contributed by atoms with van der Waals surface area (Å²) < 4.78 is 48.0. The lowest BCUT2D eigenvalue weighted by molar-refractivity contribution is -0.384. The summed E-state index contributed by atoms with van der Waals surface area (Å²) in [6.07, 6.45) is -4.81. The second kappa shape index (κ2) is 10.2. The number of nitrogens with one attached hydrogen (secondary N) is 1. The summed E-state index contributed by atoms with van der Waals surface area (Å²) in [5.74, 6) is -0.459. The van der Waals surface area contributed by atoms with Gasteiger partial charge in [0, 0.05) is 17.7 Å². The van der Waals surface area contributed by atoms with Gasteiger partial charge in [0.2, 0.25) is 0 Å². The molecule has 0 radical (unpaired) electrons. The number of fused-ring (bicyclic) bond motifs is 1. The fourth-order valence-corrected chi connectivity index (χ4v) is 4.25. The second-order valence-electron chi connectivity index (χ2n) is 8.13. The van der Waals surface area contributed by atoms with Crippen molar-refractivity contribution in [3.05, 3.63) is 111 Å². The van der Waals surface area contributed by atoms with Crippen LogP contribution in [0.1, 0.15) is 16.2 Å². The molecule has 0 fully saturated rings. The van der Waals surface area contributed by atoms with E-state index in [1.54, 1.807) is 60.7 Å². The van der Waals surface area contributed by atoms with E-state index in [1.165, 1.54) is 12.1 Å². The highest BCUT2D eigenvalue weighted by molar-refractivity contribution is 9.10. The van der Waals surface area contributed by atoms with Gasteiger partial charge in [0.15, 0.2) is 17.0 Å². The third-order valence-electron chi connectivity index (χ3n) is 5.45. The molecule has 0 aliphatic carbocycles. The van der Waals surface area contributed by atoms with E-state index >= 15 is 0 Å². The summed E-state index contributed by atoms with van der Waals surface area (Å²) in [5.41, 5.74) is -1.72. The number of para-hydroxylation sites is 1. The minimum atomic E-state index is -4.81. The van der Waals surface area contributed by atoms with Crippen LogP contribution in [-0.2, 0) is 6.18 Å². The van der Waals surface area contributed by atoms with Gasteiger partial charge in [-0.05, 0) is 34.1 Å². The first kappa shape index (κ1) is 25.9. The Balaban J connectivity index is 1.54. The number of non-ortho nitro benzene ring substituents is 1. The van der Waals surface area contributed by atoms with Crippen molar-refractivity contribution < 1.29 is 27.6 Å². The summed E-state index contributed by atoms with van der Waals surface area (Å²) in [4.78, 5) is 28.2. The molecule has 1 amide bonds. The molecule has 0 saturated carbocycles. The average Bonchev–Trinajstić information content (AvgIpc) is 3.25. The van der Waals surface area contributed by atoms with Crippen LogP contribution in [0.3, 0.4) is 0 Å². The van der Waals surface area contributed by atoms with E-state index in [-0.39, 0.29) is 32.9 Å². The highest BCUT2D eigenvalue weighted by atomic mass is 79.9. The van der Waals surface area contributed by atoms with E-state index in [0.717, 1.165) is 12.1 Å². The first-order valence-corrected chi connectivity index (χ1v) is 11.9. The molecule has 13 heteroatoms. The SMILES string of the molecule is O=C(Nc1cc(Oc2ccccc2)cc([N+](=O)[O-])c1)c1nn2c(C(F)(F)F)cc(-c3ccccc3)nc2c1Br. The standard InChI is InChI=1S/C26H15BrF3N5O4/c27-22-23(33-34-21(26(28,29)30)14-20(32-24(22)34)15-7-3-1-4-8-15)25(36)31-16-11-17(35(37)38)13-19(12-16)39-18-9-5-2-6-10-18/h1-14H,(H,31,36). The van der Waals surface area contributed by atoms with Gasteiger partial charge in [-0.1, -0.05) is 48.5 Å². The molecule has 0 bridgehead atoms. The number of nitro benzene ring substituents is 1. The molecule has 5 rings (SSSR count). The molecule has 0 saturated heterocycles.